The zero-order valence-electron chi connectivity index (χ0n) is 11.5. The Morgan fingerprint density at radius 1 is 1.18 bits per heavy atom. The number of rotatable bonds is 3. The average molecular weight is 297 g/mol. The van der Waals surface area contributed by atoms with Crippen molar-refractivity contribution in [2.24, 2.45) is 0 Å². The number of aromatic nitrogens is 2. The number of halogens is 1. The quantitative estimate of drug-likeness (QED) is 0.801. The first-order chi connectivity index (χ1) is 10.6. The molecule has 0 radical (unpaired) electrons. The first-order valence-corrected chi connectivity index (χ1v) is 6.64. The molecule has 1 amide bonds. The van der Waals surface area contributed by atoms with Crippen molar-refractivity contribution >= 4 is 11.6 Å². The van der Waals surface area contributed by atoms with Crippen molar-refractivity contribution in [2.75, 3.05) is 0 Å². The molecule has 1 N–H and O–H groups in total. The highest BCUT2D eigenvalue weighted by Crippen LogP contribution is 2.03. The van der Waals surface area contributed by atoms with Crippen LogP contribution in [-0.4, -0.2) is 15.3 Å². The summed E-state index contributed by atoms with van der Waals surface area (Å²) in [6.07, 6.45) is 1.59. The summed E-state index contributed by atoms with van der Waals surface area (Å²) in [6, 6.07) is 12.1. The van der Waals surface area contributed by atoms with Gasteiger partial charge in [0, 0.05) is 18.8 Å². The lowest BCUT2D eigenvalue weighted by Crippen LogP contribution is -2.26. The van der Waals surface area contributed by atoms with E-state index < -0.39 is 5.91 Å². The van der Waals surface area contributed by atoms with E-state index in [2.05, 4.69) is 10.3 Å². The lowest BCUT2D eigenvalue weighted by molar-refractivity contribution is 0.0946. The van der Waals surface area contributed by atoms with Gasteiger partial charge in [0.2, 0.25) is 0 Å². The zero-order chi connectivity index (χ0) is 15.5. The maximum atomic E-state index is 12.8. The summed E-state index contributed by atoms with van der Waals surface area (Å²) in [4.78, 5) is 28.2. The second kappa shape index (κ2) is 5.77. The van der Waals surface area contributed by atoms with Crippen LogP contribution < -0.4 is 10.9 Å². The molecule has 3 aromatic rings. The van der Waals surface area contributed by atoms with Crippen LogP contribution in [0.1, 0.15) is 16.1 Å². The Hall–Kier alpha value is -3.02. The predicted octanol–water partition coefficient (Wildman–Crippen LogP) is 1.76. The van der Waals surface area contributed by atoms with Gasteiger partial charge < -0.3 is 5.32 Å². The third kappa shape index (κ3) is 2.85. The van der Waals surface area contributed by atoms with Gasteiger partial charge >= 0.3 is 0 Å². The molecular formula is C16H12FN3O2. The highest BCUT2D eigenvalue weighted by atomic mass is 19.1. The Labute approximate surface area is 125 Å². The molecule has 0 aliphatic carbocycles. The third-order valence-electron chi connectivity index (χ3n) is 3.17. The van der Waals surface area contributed by atoms with Gasteiger partial charge in [-0.05, 0) is 29.8 Å². The molecule has 0 fully saturated rings. The molecule has 6 heteroatoms. The van der Waals surface area contributed by atoms with Crippen molar-refractivity contribution in [2.45, 2.75) is 6.54 Å². The summed E-state index contributed by atoms with van der Waals surface area (Å²) in [5.74, 6) is -0.785. The Kier molecular flexibility index (Phi) is 3.65. The second-order valence-electron chi connectivity index (χ2n) is 4.72. The van der Waals surface area contributed by atoms with Gasteiger partial charge in [0.15, 0.2) is 0 Å². The van der Waals surface area contributed by atoms with Gasteiger partial charge in [-0.1, -0.05) is 18.2 Å². The molecule has 0 saturated carbocycles. The summed E-state index contributed by atoms with van der Waals surface area (Å²) in [7, 11) is 0. The van der Waals surface area contributed by atoms with Gasteiger partial charge in [0.1, 0.15) is 17.2 Å². The number of nitrogens with one attached hydrogen (secondary N) is 1. The van der Waals surface area contributed by atoms with Gasteiger partial charge in [0.25, 0.3) is 11.5 Å². The molecule has 0 saturated heterocycles. The Balaban J connectivity index is 1.80. The number of hydrogen-bond acceptors (Lipinski definition) is 3. The molecule has 110 valence electrons. The number of amides is 1. The highest BCUT2D eigenvalue weighted by molar-refractivity contribution is 5.92. The number of carbonyl (C=O) groups is 1. The largest absolute Gasteiger partial charge is 0.347 e. The minimum Gasteiger partial charge on any atom is -0.347 e. The van der Waals surface area contributed by atoms with Crippen LogP contribution in [0.4, 0.5) is 4.39 Å². The number of benzene rings is 1. The van der Waals surface area contributed by atoms with Crippen molar-refractivity contribution in [3.05, 3.63) is 82.2 Å². The molecule has 5 nitrogen and oxygen atoms in total. The normalized spacial score (nSPS) is 10.6. The molecule has 0 unspecified atom stereocenters. The van der Waals surface area contributed by atoms with Crippen LogP contribution in [-0.2, 0) is 6.54 Å². The summed E-state index contributed by atoms with van der Waals surface area (Å²) in [5, 5.41) is 2.65. The molecule has 0 spiro atoms. The first kappa shape index (κ1) is 13.9. The summed E-state index contributed by atoms with van der Waals surface area (Å²) < 4.78 is 14.2. The lowest BCUT2D eigenvalue weighted by Gasteiger charge is -2.06. The zero-order valence-corrected chi connectivity index (χ0v) is 11.5. The van der Waals surface area contributed by atoms with Gasteiger partial charge in [-0.15, -0.1) is 0 Å². The molecule has 0 aliphatic heterocycles. The fraction of sp³-hybridized carbons (Fsp3) is 0.0625. The third-order valence-corrected chi connectivity index (χ3v) is 3.17. The minimum atomic E-state index is -0.451. The minimum absolute atomic E-state index is 0.0540. The van der Waals surface area contributed by atoms with Crippen LogP contribution in [0, 0.1) is 5.82 Å². The van der Waals surface area contributed by atoms with Crippen molar-refractivity contribution in [3.63, 3.8) is 0 Å². The molecule has 2 aromatic heterocycles. The van der Waals surface area contributed by atoms with E-state index in [1.165, 1.54) is 22.6 Å². The van der Waals surface area contributed by atoms with Crippen LogP contribution in [0.15, 0.2) is 59.5 Å². The maximum Gasteiger partial charge on any atom is 0.270 e. The number of nitrogens with zero attached hydrogens (tertiary/aromatic N) is 2. The van der Waals surface area contributed by atoms with E-state index in [0.717, 1.165) is 5.56 Å². The SMILES string of the molecule is O=C(NCc1ccc(F)cc1)c1cc(=O)n2ccccc2n1. The molecule has 0 atom stereocenters. The molecule has 3 rings (SSSR count). The maximum absolute atomic E-state index is 12.8. The van der Waals surface area contributed by atoms with E-state index in [0.29, 0.717) is 5.65 Å². The summed E-state index contributed by atoms with van der Waals surface area (Å²) >= 11 is 0. The fourth-order valence-electron chi connectivity index (χ4n) is 2.05. The molecule has 0 bridgehead atoms. The molecular weight excluding hydrogens is 285 g/mol. The molecule has 1 aromatic carbocycles. The number of hydrogen-bond donors (Lipinski definition) is 1. The second-order valence-corrected chi connectivity index (χ2v) is 4.72. The summed E-state index contributed by atoms with van der Waals surface area (Å²) in [6.45, 7) is 0.231. The highest BCUT2D eigenvalue weighted by Gasteiger charge is 2.10. The van der Waals surface area contributed by atoms with Crippen LogP contribution in [0.3, 0.4) is 0 Å². The predicted molar refractivity (Wildman–Crippen MR) is 79.0 cm³/mol. The van der Waals surface area contributed by atoms with Crippen molar-refractivity contribution in [1.82, 2.24) is 14.7 Å². The van der Waals surface area contributed by atoms with Crippen LogP contribution in [0.5, 0.6) is 0 Å². The molecule has 0 aliphatic rings. The van der Waals surface area contributed by atoms with Gasteiger partial charge in [0.05, 0.1) is 0 Å². The van der Waals surface area contributed by atoms with Crippen LogP contribution in [0.25, 0.3) is 5.65 Å². The smallest absolute Gasteiger partial charge is 0.270 e. The average Bonchev–Trinajstić information content (AvgIpc) is 2.54. The number of fused-ring (bicyclic) bond motifs is 1. The van der Waals surface area contributed by atoms with Crippen LogP contribution in [0.2, 0.25) is 0 Å². The molecule has 2 heterocycles. The van der Waals surface area contributed by atoms with Gasteiger partial charge in [-0.25, -0.2) is 9.37 Å². The van der Waals surface area contributed by atoms with Gasteiger partial charge in [-0.3, -0.25) is 14.0 Å². The van der Waals surface area contributed by atoms with Gasteiger partial charge in [-0.2, -0.15) is 0 Å². The number of carbonyl (C=O) groups excluding carboxylic acids is 1. The van der Waals surface area contributed by atoms with Crippen molar-refractivity contribution < 1.29 is 9.18 Å². The lowest BCUT2D eigenvalue weighted by atomic mass is 10.2. The Morgan fingerprint density at radius 3 is 2.73 bits per heavy atom. The Bertz CT molecular complexity index is 888. The fourth-order valence-corrected chi connectivity index (χ4v) is 2.05. The van der Waals surface area contributed by atoms with E-state index >= 15 is 0 Å². The van der Waals surface area contributed by atoms with Crippen molar-refractivity contribution in [3.8, 4) is 0 Å². The van der Waals surface area contributed by atoms with E-state index in [4.69, 9.17) is 0 Å². The van der Waals surface area contributed by atoms with Crippen LogP contribution >= 0.6 is 0 Å². The number of pyridine rings is 1. The standard InChI is InChI=1S/C16H12FN3O2/c17-12-6-4-11(5-7-12)10-18-16(22)13-9-15(21)20-8-2-1-3-14(20)19-13/h1-9H,10H2,(H,18,22). The van der Waals surface area contributed by atoms with Crippen molar-refractivity contribution in [1.29, 1.82) is 0 Å². The molecule has 22 heavy (non-hydrogen) atoms. The monoisotopic (exact) mass is 297 g/mol. The van der Waals surface area contributed by atoms with E-state index in [1.807, 2.05) is 0 Å². The van der Waals surface area contributed by atoms with E-state index in [-0.39, 0.29) is 23.6 Å². The van der Waals surface area contributed by atoms with E-state index in [1.54, 1.807) is 36.5 Å². The summed E-state index contributed by atoms with van der Waals surface area (Å²) in [5.41, 5.74) is 0.894. The topological polar surface area (TPSA) is 63.5 Å². The first-order valence-electron chi connectivity index (χ1n) is 6.64. The van der Waals surface area contributed by atoms with E-state index in [9.17, 15) is 14.0 Å². The Morgan fingerprint density at radius 2 is 1.95 bits per heavy atom.